The van der Waals surface area contributed by atoms with E-state index in [1.54, 1.807) is 55.5 Å². The third-order valence-corrected chi connectivity index (χ3v) is 3.48. The highest BCUT2D eigenvalue weighted by atomic mass is 35.5. The molecule has 6 heteroatoms. The molecule has 0 radical (unpaired) electrons. The lowest BCUT2D eigenvalue weighted by molar-refractivity contribution is -0.122. The number of hydrogen-bond acceptors (Lipinski definition) is 3. The van der Waals surface area contributed by atoms with Crippen LogP contribution in [-0.4, -0.2) is 24.5 Å². The van der Waals surface area contributed by atoms with E-state index >= 15 is 0 Å². The van der Waals surface area contributed by atoms with Crippen LogP contribution < -0.4 is 15.4 Å². The lowest BCUT2D eigenvalue weighted by Crippen LogP contribution is -2.30. The fourth-order valence-corrected chi connectivity index (χ4v) is 2.14. The van der Waals surface area contributed by atoms with E-state index in [0.717, 1.165) is 0 Å². The van der Waals surface area contributed by atoms with Gasteiger partial charge in [0.1, 0.15) is 5.75 Å². The van der Waals surface area contributed by atoms with Gasteiger partial charge in [-0.25, -0.2) is 0 Å². The molecule has 2 aromatic carbocycles. The highest BCUT2D eigenvalue weighted by Gasteiger charge is 2.15. The highest BCUT2D eigenvalue weighted by molar-refractivity contribution is 6.30. The molecular formula is C18H19ClN2O3. The Bertz CT molecular complexity index is 716. The second kappa shape index (κ2) is 8.36. The zero-order valence-electron chi connectivity index (χ0n) is 13.5. The van der Waals surface area contributed by atoms with Crippen molar-refractivity contribution in [3.05, 3.63) is 59.1 Å². The predicted molar refractivity (Wildman–Crippen MR) is 94.6 cm³/mol. The van der Waals surface area contributed by atoms with Crippen LogP contribution in [0.3, 0.4) is 0 Å². The number of anilines is 1. The fourth-order valence-electron chi connectivity index (χ4n) is 2.02. The molecule has 0 saturated heterocycles. The Labute approximate surface area is 146 Å². The van der Waals surface area contributed by atoms with Gasteiger partial charge in [0, 0.05) is 22.8 Å². The average molecular weight is 347 g/mol. The molecule has 2 N–H and O–H groups in total. The summed E-state index contributed by atoms with van der Waals surface area (Å²) in [4.78, 5) is 24.1. The summed E-state index contributed by atoms with van der Waals surface area (Å²) in [6.07, 6.45) is -0.695. The topological polar surface area (TPSA) is 67.4 Å². The summed E-state index contributed by atoms with van der Waals surface area (Å²) < 4.78 is 5.57. The lowest BCUT2D eigenvalue weighted by Gasteiger charge is -2.15. The standard InChI is InChI=1S/C18H19ClN2O3/c1-3-20-18(23)13-5-4-6-15(11-13)21-17(22)12(2)24-16-9-7-14(19)8-10-16/h4-12H,3H2,1-2H3,(H,20,23)(H,21,22). The number of carbonyl (C=O) groups is 2. The van der Waals surface area contributed by atoms with Crippen LogP contribution in [0, 0.1) is 0 Å². The minimum atomic E-state index is -0.695. The molecule has 0 aromatic heterocycles. The van der Waals surface area contributed by atoms with E-state index in [4.69, 9.17) is 16.3 Å². The van der Waals surface area contributed by atoms with Crippen LogP contribution >= 0.6 is 11.6 Å². The number of benzene rings is 2. The van der Waals surface area contributed by atoms with E-state index in [1.165, 1.54) is 0 Å². The molecule has 0 spiro atoms. The quantitative estimate of drug-likeness (QED) is 0.841. The lowest BCUT2D eigenvalue weighted by atomic mass is 10.2. The summed E-state index contributed by atoms with van der Waals surface area (Å²) in [5.74, 6) is 0.0650. The molecule has 0 bridgehead atoms. The minimum Gasteiger partial charge on any atom is -0.481 e. The summed E-state index contributed by atoms with van der Waals surface area (Å²) in [6, 6.07) is 13.5. The molecule has 2 rings (SSSR count). The van der Waals surface area contributed by atoms with Crippen molar-refractivity contribution in [3.63, 3.8) is 0 Å². The maximum absolute atomic E-state index is 12.2. The highest BCUT2D eigenvalue weighted by Crippen LogP contribution is 2.17. The van der Waals surface area contributed by atoms with Gasteiger partial charge in [0.05, 0.1) is 0 Å². The third-order valence-electron chi connectivity index (χ3n) is 3.23. The Morgan fingerprint density at radius 3 is 2.54 bits per heavy atom. The first-order valence-electron chi connectivity index (χ1n) is 7.61. The zero-order valence-corrected chi connectivity index (χ0v) is 14.3. The fraction of sp³-hybridized carbons (Fsp3) is 0.222. The molecule has 2 amide bonds. The van der Waals surface area contributed by atoms with Crippen molar-refractivity contribution in [2.24, 2.45) is 0 Å². The number of ether oxygens (including phenoxy) is 1. The van der Waals surface area contributed by atoms with Crippen LogP contribution in [0.4, 0.5) is 5.69 Å². The Hall–Kier alpha value is -2.53. The second-order valence-corrected chi connectivity index (χ2v) is 5.58. The van der Waals surface area contributed by atoms with Gasteiger partial charge < -0.3 is 15.4 Å². The van der Waals surface area contributed by atoms with Crippen molar-refractivity contribution in [3.8, 4) is 5.75 Å². The van der Waals surface area contributed by atoms with Crippen LogP contribution in [0.25, 0.3) is 0 Å². The second-order valence-electron chi connectivity index (χ2n) is 5.14. The van der Waals surface area contributed by atoms with Crippen molar-refractivity contribution >= 4 is 29.1 Å². The van der Waals surface area contributed by atoms with E-state index in [-0.39, 0.29) is 11.8 Å². The largest absolute Gasteiger partial charge is 0.481 e. The average Bonchev–Trinajstić information content (AvgIpc) is 2.57. The smallest absolute Gasteiger partial charge is 0.265 e. The molecule has 0 aliphatic rings. The van der Waals surface area contributed by atoms with E-state index in [1.807, 2.05) is 6.92 Å². The summed E-state index contributed by atoms with van der Waals surface area (Å²) in [6.45, 7) is 4.04. The predicted octanol–water partition coefficient (Wildman–Crippen LogP) is 3.50. The van der Waals surface area contributed by atoms with Gasteiger partial charge in [-0.3, -0.25) is 9.59 Å². The number of nitrogens with one attached hydrogen (secondary N) is 2. The number of amides is 2. The molecule has 5 nitrogen and oxygen atoms in total. The van der Waals surface area contributed by atoms with Crippen molar-refractivity contribution < 1.29 is 14.3 Å². The van der Waals surface area contributed by atoms with Gasteiger partial charge in [-0.05, 0) is 56.3 Å². The van der Waals surface area contributed by atoms with Gasteiger partial charge in [0.15, 0.2) is 6.10 Å². The molecule has 126 valence electrons. The maximum Gasteiger partial charge on any atom is 0.265 e. The number of hydrogen-bond donors (Lipinski definition) is 2. The SMILES string of the molecule is CCNC(=O)c1cccc(NC(=O)C(C)Oc2ccc(Cl)cc2)c1. The molecule has 0 saturated carbocycles. The Balaban J connectivity index is 1.99. The summed E-state index contributed by atoms with van der Waals surface area (Å²) in [7, 11) is 0. The van der Waals surface area contributed by atoms with Crippen LogP contribution in [0.15, 0.2) is 48.5 Å². The van der Waals surface area contributed by atoms with Crippen LogP contribution in [0.1, 0.15) is 24.2 Å². The Morgan fingerprint density at radius 1 is 1.17 bits per heavy atom. The number of rotatable bonds is 6. The summed E-state index contributed by atoms with van der Waals surface area (Å²) >= 11 is 5.81. The van der Waals surface area contributed by atoms with Crippen LogP contribution in [0.2, 0.25) is 5.02 Å². The molecular weight excluding hydrogens is 328 g/mol. The zero-order chi connectivity index (χ0) is 17.5. The van der Waals surface area contributed by atoms with Crippen LogP contribution in [-0.2, 0) is 4.79 Å². The van der Waals surface area contributed by atoms with Gasteiger partial charge in [-0.2, -0.15) is 0 Å². The number of halogens is 1. The van der Waals surface area contributed by atoms with Crippen molar-refractivity contribution in [2.75, 3.05) is 11.9 Å². The molecule has 0 aliphatic carbocycles. The van der Waals surface area contributed by atoms with Crippen molar-refractivity contribution in [1.82, 2.24) is 5.32 Å². The number of carbonyl (C=O) groups excluding carboxylic acids is 2. The van der Waals surface area contributed by atoms with Crippen molar-refractivity contribution in [2.45, 2.75) is 20.0 Å². The first kappa shape index (κ1) is 17.8. The normalized spacial score (nSPS) is 11.5. The first-order valence-corrected chi connectivity index (χ1v) is 7.98. The molecule has 2 aromatic rings. The van der Waals surface area contributed by atoms with Gasteiger partial charge in [-0.15, -0.1) is 0 Å². The monoisotopic (exact) mass is 346 g/mol. The first-order chi connectivity index (χ1) is 11.5. The molecule has 0 heterocycles. The molecule has 24 heavy (non-hydrogen) atoms. The van der Waals surface area contributed by atoms with Gasteiger partial charge >= 0.3 is 0 Å². The molecule has 0 fully saturated rings. The van der Waals surface area contributed by atoms with Gasteiger partial charge in [0.2, 0.25) is 0 Å². The van der Waals surface area contributed by atoms with Crippen molar-refractivity contribution in [1.29, 1.82) is 0 Å². The van der Waals surface area contributed by atoms with E-state index in [2.05, 4.69) is 10.6 Å². The maximum atomic E-state index is 12.2. The molecule has 0 aliphatic heterocycles. The summed E-state index contributed by atoms with van der Waals surface area (Å²) in [5.41, 5.74) is 1.02. The minimum absolute atomic E-state index is 0.181. The molecule has 1 unspecified atom stereocenters. The van der Waals surface area contributed by atoms with Gasteiger partial charge in [-0.1, -0.05) is 17.7 Å². The van der Waals surface area contributed by atoms with E-state index in [9.17, 15) is 9.59 Å². The Kier molecular flexibility index (Phi) is 6.21. The van der Waals surface area contributed by atoms with E-state index < -0.39 is 6.10 Å². The molecule has 1 atom stereocenters. The van der Waals surface area contributed by atoms with Gasteiger partial charge in [0.25, 0.3) is 11.8 Å². The van der Waals surface area contributed by atoms with Crippen LogP contribution in [0.5, 0.6) is 5.75 Å². The Morgan fingerprint density at radius 2 is 1.88 bits per heavy atom. The van der Waals surface area contributed by atoms with E-state index in [0.29, 0.717) is 28.6 Å². The summed E-state index contributed by atoms with van der Waals surface area (Å²) in [5, 5.41) is 6.05. The third kappa shape index (κ3) is 4.99.